The number of hydrogen-bond donors (Lipinski definition) is 1. The highest BCUT2D eigenvalue weighted by molar-refractivity contribution is 5.89. The number of likely N-dealkylation sites (N-methyl/N-ethyl adjacent to an activating group) is 1. The normalized spacial score (nSPS) is 39.9. The van der Waals surface area contributed by atoms with Crippen LogP contribution in [0.4, 0.5) is 0 Å². The highest BCUT2D eigenvalue weighted by Gasteiger charge is 2.65. The smallest absolute Gasteiger partial charge is 0.174 e. The third-order valence-corrected chi connectivity index (χ3v) is 6.39. The second kappa shape index (κ2) is 3.61. The Morgan fingerprint density at radius 3 is 3.14 bits per heavy atom. The van der Waals surface area contributed by atoms with Crippen LogP contribution in [0.2, 0.25) is 0 Å². The molecule has 2 aliphatic heterocycles. The van der Waals surface area contributed by atoms with Crippen LogP contribution in [-0.2, 0) is 16.6 Å². The topological polar surface area (TPSA) is 49.8 Å². The van der Waals surface area contributed by atoms with Gasteiger partial charge in [0.05, 0.1) is 0 Å². The molecule has 0 radical (unpaired) electrons. The van der Waals surface area contributed by atoms with Gasteiger partial charge in [-0.25, -0.2) is 0 Å². The van der Waals surface area contributed by atoms with E-state index in [4.69, 9.17) is 4.74 Å². The first-order valence-electron chi connectivity index (χ1n) is 7.88. The van der Waals surface area contributed by atoms with Gasteiger partial charge in [0.1, 0.15) is 0 Å². The van der Waals surface area contributed by atoms with Crippen molar-refractivity contribution in [3.8, 4) is 11.5 Å². The molecule has 2 unspecified atom stereocenters. The van der Waals surface area contributed by atoms with Crippen LogP contribution in [0.3, 0.4) is 0 Å². The molecule has 1 aromatic rings. The number of nitrogens with zero attached hydrogens (tertiary/aromatic N) is 1. The first-order valence-corrected chi connectivity index (χ1v) is 7.88. The SMILES string of the molecule is CN1CC[C@]23c4c5ccc(O)c4OC2C(=O)CC[C@H]3C1C5. The fourth-order valence-electron chi connectivity index (χ4n) is 5.52. The van der Waals surface area contributed by atoms with Gasteiger partial charge in [0.25, 0.3) is 0 Å². The predicted molar refractivity (Wildman–Crippen MR) is 76.7 cm³/mol. The number of likely N-dealkylation sites (tertiary alicyclic amines) is 1. The predicted octanol–water partition coefficient (Wildman–Crippen LogP) is 1.63. The highest BCUT2D eigenvalue weighted by Crippen LogP contribution is 2.62. The van der Waals surface area contributed by atoms with Gasteiger partial charge in [0.15, 0.2) is 23.4 Å². The molecule has 110 valence electrons. The van der Waals surface area contributed by atoms with Crippen LogP contribution < -0.4 is 4.74 Å². The van der Waals surface area contributed by atoms with Crippen LogP contribution in [0.15, 0.2) is 12.1 Å². The van der Waals surface area contributed by atoms with E-state index in [2.05, 4.69) is 11.9 Å². The third kappa shape index (κ3) is 1.20. The van der Waals surface area contributed by atoms with Crippen molar-refractivity contribution in [3.05, 3.63) is 23.3 Å². The van der Waals surface area contributed by atoms with E-state index in [1.54, 1.807) is 6.07 Å². The van der Waals surface area contributed by atoms with Crippen LogP contribution in [0.1, 0.15) is 30.4 Å². The molecule has 0 aromatic heterocycles. The fourth-order valence-corrected chi connectivity index (χ4v) is 5.52. The summed E-state index contributed by atoms with van der Waals surface area (Å²) >= 11 is 0. The lowest BCUT2D eigenvalue weighted by Crippen LogP contribution is -2.65. The Bertz CT molecular complexity index is 670. The van der Waals surface area contributed by atoms with E-state index < -0.39 is 0 Å². The zero-order chi connectivity index (χ0) is 14.4. The lowest BCUT2D eigenvalue weighted by molar-refractivity contribution is -0.138. The van der Waals surface area contributed by atoms with E-state index in [0.717, 1.165) is 31.4 Å². The molecule has 1 N–H and O–H groups in total. The molecular formula is C17H19NO3. The molecule has 21 heavy (non-hydrogen) atoms. The van der Waals surface area contributed by atoms with E-state index in [1.165, 1.54) is 5.56 Å². The summed E-state index contributed by atoms with van der Waals surface area (Å²) in [6.07, 6.45) is 3.18. The van der Waals surface area contributed by atoms with E-state index >= 15 is 0 Å². The van der Waals surface area contributed by atoms with Crippen molar-refractivity contribution in [2.45, 2.75) is 43.2 Å². The van der Waals surface area contributed by atoms with Gasteiger partial charge in [0, 0.05) is 23.4 Å². The van der Waals surface area contributed by atoms with Gasteiger partial charge < -0.3 is 14.7 Å². The third-order valence-electron chi connectivity index (χ3n) is 6.39. The highest BCUT2D eigenvalue weighted by atomic mass is 16.5. The van der Waals surface area contributed by atoms with Gasteiger partial charge >= 0.3 is 0 Å². The van der Waals surface area contributed by atoms with Gasteiger partial charge in [-0.05, 0) is 50.4 Å². The van der Waals surface area contributed by atoms with Crippen molar-refractivity contribution in [1.29, 1.82) is 0 Å². The van der Waals surface area contributed by atoms with Crippen molar-refractivity contribution in [2.24, 2.45) is 5.92 Å². The Morgan fingerprint density at radius 2 is 2.29 bits per heavy atom. The summed E-state index contributed by atoms with van der Waals surface area (Å²) < 4.78 is 6.04. The lowest BCUT2D eigenvalue weighted by Gasteiger charge is -2.57. The summed E-state index contributed by atoms with van der Waals surface area (Å²) in [5, 5.41) is 10.2. The standard InChI is InChI=1S/C17H19NO3/c1-18-7-6-17-10-3-5-13(20)16(17)21-15-12(19)4-2-9(14(15)17)8-11(10)18/h2,4,10-11,16,19H,3,5-8H2,1H3/t10-,11?,16?,17-/m0/s1. The quantitative estimate of drug-likeness (QED) is 0.787. The minimum atomic E-state index is -0.366. The first kappa shape index (κ1) is 12.0. The second-order valence-corrected chi connectivity index (χ2v) is 7.10. The lowest BCUT2D eigenvalue weighted by atomic mass is 9.52. The summed E-state index contributed by atoms with van der Waals surface area (Å²) in [5.41, 5.74) is 2.26. The number of benzene rings is 1. The number of carbonyl (C=O) groups excluding carboxylic acids is 1. The zero-order valence-electron chi connectivity index (χ0n) is 12.1. The molecule has 4 nitrogen and oxygen atoms in total. The number of carbonyl (C=O) groups is 1. The van der Waals surface area contributed by atoms with Gasteiger partial charge in [-0.2, -0.15) is 0 Å². The van der Waals surface area contributed by atoms with E-state index in [9.17, 15) is 9.90 Å². The fraction of sp³-hybridized carbons (Fsp3) is 0.588. The molecule has 5 rings (SSSR count). The Morgan fingerprint density at radius 1 is 1.43 bits per heavy atom. The maximum Gasteiger partial charge on any atom is 0.174 e. The molecule has 4 atom stereocenters. The number of ether oxygens (including phenoxy) is 1. The van der Waals surface area contributed by atoms with Gasteiger partial charge in [-0.15, -0.1) is 0 Å². The molecule has 0 amide bonds. The van der Waals surface area contributed by atoms with E-state index in [-0.39, 0.29) is 23.1 Å². The van der Waals surface area contributed by atoms with Crippen LogP contribution >= 0.6 is 0 Å². The number of piperidine rings is 1. The number of ketones is 1. The minimum Gasteiger partial charge on any atom is -0.504 e. The Balaban J connectivity index is 1.83. The Hall–Kier alpha value is -1.55. The van der Waals surface area contributed by atoms with Crippen LogP contribution in [0.25, 0.3) is 0 Å². The summed E-state index contributed by atoms with van der Waals surface area (Å²) in [7, 11) is 2.20. The maximum absolute atomic E-state index is 12.5. The molecule has 1 aromatic carbocycles. The number of hydrogen-bond acceptors (Lipinski definition) is 4. The number of aromatic hydroxyl groups is 1. The molecule has 2 fully saturated rings. The van der Waals surface area contributed by atoms with Crippen LogP contribution in [0, 0.1) is 5.92 Å². The van der Waals surface area contributed by atoms with E-state index in [1.807, 2.05) is 6.07 Å². The van der Waals surface area contributed by atoms with Crippen molar-refractivity contribution in [2.75, 3.05) is 13.6 Å². The van der Waals surface area contributed by atoms with Gasteiger partial charge in [-0.1, -0.05) is 6.07 Å². The van der Waals surface area contributed by atoms with Crippen molar-refractivity contribution >= 4 is 5.78 Å². The number of phenols is 1. The summed E-state index contributed by atoms with van der Waals surface area (Å²) in [6, 6.07) is 4.26. The summed E-state index contributed by atoms with van der Waals surface area (Å²) in [6.45, 7) is 1.00. The van der Waals surface area contributed by atoms with Gasteiger partial charge in [-0.3, -0.25) is 4.79 Å². The number of phenolic OH excluding ortho intramolecular Hbond substituents is 1. The average molecular weight is 285 g/mol. The molecule has 1 saturated heterocycles. The van der Waals surface area contributed by atoms with Crippen molar-refractivity contribution < 1.29 is 14.6 Å². The Labute approximate surface area is 123 Å². The zero-order valence-corrected chi connectivity index (χ0v) is 12.1. The van der Waals surface area contributed by atoms with E-state index in [0.29, 0.717) is 24.1 Å². The molecule has 1 saturated carbocycles. The van der Waals surface area contributed by atoms with Gasteiger partial charge in [0.2, 0.25) is 0 Å². The van der Waals surface area contributed by atoms with Crippen LogP contribution in [0.5, 0.6) is 11.5 Å². The second-order valence-electron chi connectivity index (χ2n) is 7.10. The van der Waals surface area contributed by atoms with Crippen LogP contribution in [-0.4, -0.2) is 41.5 Å². The van der Waals surface area contributed by atoms with Crippen molar-refractivity contribution in [3.63, 3.8) is 0 Å². The molecule has 4 aliphatic rings. The molecular weight excluding hydrogens is 266 g/mol. The number of rotatable bonds is 0. The summed E-state index contributed by atoms with van der Waals surface area (Å²) in [4.78, 5) is 14.9. The summed E-state index contributed by atoms with van der Waals surface area (Å²) in [5.74, 6) is 1.50. The molecule has 1 spiro atoms. The molecule has 2 heterocycles. The monoisotopic (exact) mass is 285 g/mol. The molecule has 2 aliphatic carbocycles. The minimum absolute atomic E-state index is 0.172. The molecule has 2 bridgehead atoms. The van der Waals surface area contributed by atoms with Crippen molar-refractivity contribution in [1.82, 2.24) is 4.90 Å². The Kier molecular flexibility index (Phi) is 2.07. The largest absolute Gasteiger partial charge is 0.504 e. The average Bonchev–Trinajstić information content (AvgIpc) is 2.83. The molecule has 4 heteroatoms. The first-order chi connectivity index (χ1) is 10.1. The number of Topliss-reactive ketones (excluding diaryl/α,β-unsaturated/α-hetero) is 1. The maximum atomic E-state index is 12.5.